The van der Waals surface area contributed by atoms with Crippen LogP contribution in [0.1, 0.15) is 22.3 Å². The number of nitrogens with one attached hydrogen (secondary N) is 2. The van der Waals surface area contributed by atoms with Crippen LogP contribution in [0.5, 0.6) is 0 Å². The van der Waals surface area contributed by atoms with Crippen LogP contribution in [0.3, 0.4) is 0 Å². The number of hydrogen-bond donors (Lipinski definition) is 2. The molecule has 2 N–H and O–H groups in total. The Balaban J connectivity index is 1.65. The third-order valence-corrected chi connectivity index (χ3v) is 5.36. The van der Waals surface area contributed by atoms with Crippen molar-refractivity contribution in [2.24, 2.45) is 0 Å². The molecule has 8 heteroatoms. The van der Waals surface area contributed by atoms with Crippen molar-refractivity contribution in [2.75, 3.05) is 5.32 Å². The van der Waals surface area contributed by atoms with E-state index in [0.29, 0.717) is 28.8 Å². The van der Waals surface area contributed by atoms with Gasteiger partial charge in [0.1, 0.15) is 0 Å². The van der Waals surface area contributed by atoms with Gasteiger partial charge in [-0.3, -0.25) is 14.4 Å². The summed E-state index contributed by atoms with van der Waals surface area (Å²) in [5, 5.41) is 5.82. The Hall–Kier alpha value is -3.52. The summed E-state index contributed by atoms with van der Waals surface area (Å²) >= 11 is 1.57. The number of benzene rings is 2. The third kappa shape index (κ3) is 3.62. The molecule has 0 aliphatic rings. The largest absolute Gasteiger partial charge is 0.322 e. The van der Waals surface area contributed by atoms with E-state index < -0.39 is 11.1 Å². The molecule has 0 radical (unpaired) electrons. The van der Waals surface area contributed by atoms with Gasteiger partial charge in [-0.25, -0.2) is 4.98 Å². The quantitative estimate of drug-likeness (QED) is 0.508. The minimum atomic E-state index is -0.705. The van der Waals surface area contributed by atoms with Crippen molar-refractivity contribution in [2.45, 2.75) is 20.4 Å². The van der Waals surface area contributed by atoms with Crippen molar-refractivity contribution >= 4 is 34.0 Å². The zero-order valence-corrected chi connectivity index (χ0v) is 16.7. The maximum Gasteiger partial charge on any atom is 0.316 e. The molecule has 7 nitrogen and oxygen atoms in total. The molecule has 29 heavy (non-hydrogen) atoms. The average Bonchev–Trinajstić information content (AvgIpc) is 3.15. The highest BCUT2D eigenvalue weighted by Gasteiger charge is 2.12. The fourth-order valence-electron chi connectivity index (χ4n) is 3.19. The Morgan fingerprint density at radius 1 is 1.21 bits per heavy atom. The van der Waals surface area contributed by atoms with Crippen LogP contribution in [-0.4, -0.2) is 20.4 Å². The lowest BCUT2D eigenvalue weighted by molar-refractivity contribution is 0.102. The third-order valence-electron chi connectivity index (χ3n) is 4.59. The number of carbonyl (C=O) groups is 1. The van der Waals surface area contributed by atoms with Crippen molar-refractivity contribution in [3.63, 3.8) is 0 Å². The summed E-state index contributed by atoms with van der Waals surface area (Å²) in [5.41, 5.74) is 2.51. The molecule has 0 atom stereocenters. The highest BCUT2D eigenvalue weighted by atomic mass is 32.1. The molecule has 146 valence electrons. The molecule has 1 amide bonds. The molecular formula is C21H18N4O3S. The van der Waals surface area contributed by atoms with Crippen LogP contribution in [-0.2, 0) is 6.54 Å². The fraction of sp³-hybridized carbons (Fsp3) is 0.143. The number of fused-ring (bicyclic) bond motifs is 1. The van der Waals surface area contributed by atoms with Crippen molar-refractivity contribution in [3.8, 4) is 11.3 Å². The van der Waals surface area contributed by atoms with Gasteiger partial charge in [0.15, 0.2) is 0 Å². The van der Waals surface area contributed by atoms with Gasteiger partial charge in [0, 0.05) is 28.7 Å². The molecule has 0 spiro atoms. The molecule has 2 aromatic heterocycles. The molecule has 4 aromatic rings. The summed E-state index contributed by atoms with van der Waals surface area (Å²) in [6.07, 6.45) is 0. The first-order valence-electron chi connectivity index (χ1n) is 9.07. The molecule has 0 aliphatic heterocycles. The number of aromatic nitrogens is 3. The van der Waals surface area contributed by atoms with E-state index in [1.807, 2.05) is 30.5 Å². The summed E-state index contributed by atoms with van der Waals surface area (Å²) in [6, 6.07) is 12.3. The Morgan fingerprint density at radius 2 is 2.03 bits per heavy atom. The molecule has 0 unspecified atom stereocenters. The zero-order valence-electron chi connectivity index (χ0n) is 15.9. The summed E-state index contributed by atoms with van der Waals surface area (Å²) < 4.78 is 1.38. The van der Waals surface area contributed by atoms with Gasteiger partial charge in [-0.1, -0.05) is 12.1 Å². The normalized spacial score (nSPS) is 11.0. The first kappa shape index (κ1) is 18.8. The van der Waals surface area contributed by atoms with E-state index in [1.165, 1.54) is 4.57 Å². The predicted octanol–water partition coefficient (Wildman–Crippen LogP) is 3.39. The molecule has 0 saturated carbocycles. The lowest BCUT2D eigenvalue weighted by atomic mass is 10.1. The van der Waals surface area contributed by atoms with Crippen LogP contribution in [0, 0.1) is 6.92 Å². The van der Waals surface area contributed by atoms with Crippen LogP contribution in [0.2, 0.25) is 0 Å². The SMILES string of the molecule is CCn1c(=O)c(=O)[nH]c2cc(C(=O)Nc3cccc(-c4csc(C)n4)c3)ccc21. The maximum atomic E-state index is 12.7. The van der Waals surface area contributed by atoms with Gasteiger partial charge >= 0.3 is 11.1 Å². The number of thiazole rings is 1. The van der Waals surface area contributed by atoms with Gasteiger partial charge in [-0.05, 0) is 44.2 Å². The molecule has 0 aliphatic carbocycles. The lowest BCUT2D eigenvalue weighted by Gasteiger charge is -2.10. The fourth-order valence-corrected chi connectivity index (χ4v) is 3.81. The molecule has 2 heterocycles. The number of aryl methyl sites for hydroxylation is 2. The van der Waals surface area contributed by atoms with Crippen LogP contribution < -0.4 is 16.4 Å². The maximum absolute atomic E-state index is 12.7. The van der Waals surface area contributed by atoms with E-state index in [2.05, 4.69) is 15.3 Å². The highest BCUT2D eigenvalue weighted by Crippen LogP contribution is 2.24. The van der Waals surface area contributed by atoms with E-state index in [4.69, 9.17) is 0 Å². The minimum absolute atomic E-state index is 0.311. The molecular weight excluding hydrogens is 388 g/mol. The number of H-pyrrole nitrogens is 1. The van der Waals surface area contributed by atoms with Crippen molar-refractivity contribution in [1.82, 2.24) is 14.5 Å². The van der Waals surface area contributed by atoms with E-state index in [9.17, 15) is 14.4 Å². The molecule has 0 bridgehead atoms. The van der Waals surface area contributed by atoms with Gasteiger partial charge in [0.05, 0.1) is 21.7 Å². The number of rotatable bonds is 4. The Bertz CT molecular complexity index is 1350. The van der Waals surface area contributed by atoms with E-state index in [-0.39, 0.29) is 5.91 Å². The van der Waals surface area contributed by atoms with Crippen LogP contribution in [0.15, 0.2) is 57.4 Å². The molecule has 4 rings (SSSR count). The first-order chi connectivity index (χ1) is 14.0. The van der Waals surface area contributed by atoms with Gasteiger partial charge in [-0.15, -0.1) is 11.3 Å². The lowest BCUT2D eigenvalue weighted by Crippen LogP contribution is -2.36. The highest BCUT2D eigenvalue weighted by molar-refractivity contribution is 7.09. The van der Waals surface area contributed by atoms with Gasteiger partial charge in [0.2, 0.25) is 0 Å². The molecule has 2 aromatic carbocycles. The van der Waals surface area contributed by atoms with E-state index in [1.54, 1.807) is 42.5 Å². The van der Waals surface area contributed by atoms with E-state index >= 15 is 0 Å². The second-order valence-corrected chi connectivity index (χ2v) is 7.58. The zero-order chi connectivity index (χ0) is 20.5. The summed E-state index contributed by atoms with van der Waals surface area (Å²) in [5.74, 6) is -0.311. The monoisotopic (exact) mass is 406 g/mol. The number of nitrogens with zero attached hydrogens (tertiary/aromatic N) is 2. The number of amides is 1. The number of anilines is 1. The van der Waals surface area contributed by atoms with Gasteiger partial charge in [0.25, 0.3) is 5.91 Å². The van der Waals surface area contributed by atoms with E-state index in [0.717, 1.165) is 16.3 Å². The summed E-state index contributed by atoms with van der Waals surface area (Å²) in [4.78, 5) is 43.6. The summed E-state index contributed by atoms with van der Waals surface area (Å²) in [6.45, 7) is 4.10. The van der Waals surface area contributed by atoms with Crippen molar-refractivity contribution < 1.29 is 4.79 Å². The topological polar surface area (TPSA) is 96.9 Å². The second-order valence-electron chi connectivity index (χ2n) is 6.52. The summed E-state index contributed by atoms with van der Waals surface area (Å²) in [7, 11) is 0. The number of carbonyl (C=O) groups excluding carboxylic acids is 1. The first-order valence-corrected chi connectivity index (χ1v) is 9.95. The van der Waals surface area contributed by atoms with Crippen LogP contribution in [0.4, 0.5) is 5.69 Å². The Morgan fingerprint density at radius 3 is 2.76 bits per heavy atom. The molecule has 0 saturated heterocycles. The smallest absolute Gasteiger partial charge is 0.316 e. The molecule has 0 fully saturated rings. The minimum Gasteiger partial charge on any atom is -0.322 e. The van der Waals surface area contributed by atoms with Gasteiger partial charge < -0.3 is 14.9 Å². The van der Waals surface area contributed by atoms with Crippen LogP contribution >= 0.6 is 11.3 Å². The Labute approximate surface area is 169 Å². The van der Waals surface area contributed by atoms with Crippen LogP contribution in [0.25, 0.3) is 22.3 Å². The number of hydrogen-bond acceptors (Lipinski definition) is 5. The Kier molecular flexibility index (Phi) is 4.85. The van der Waals surface area contributed by atoms with Crippen molar-refractivity contribution in [1.29, 1.82) is 0 Å². The second kappa shape index (κ2) is 7.48. The van der Waals surface area contributed by atoms with Gasteiger partial charge in [-0.2, -0.15) is 0 Å². The average molecular weight is 406 g/mol. The number of aromatic amines is 1. The standard InChI is InChI=1S/C21H18N4O3S/c1-3-25-18-8-7-14(10-16(18)24-20(27)21(25)28)19(26)23-15-6-4-5-13(9-15)17-11-29-12(2)22-17/h4-11H,3H2,1-2H3,(H,23,26)(H,24,27). The predicted molar refractivity (Wildman–Crippen MR) is 115 cm³/mol. The van der Waals surface area contributed by atoms with Crippen molar-refractivity contribution in [3.05, 3.63) is 79.1 Å².